The van der Waals surface area contributed by atoms with E-state index < -0.39 is 8.32 Å². The first-order valence-electron chi connectivity index (χ1n) is 14.4. The molecule has 0 saturated carbocycles. The Hall–Kier alpha value is -1.89. The molecule has 0 aliphatic heterocycles. The minimum absolute atomic E-state index is 0.00445. The van der Waals surface area contributed by atoms with Crippen LogP contribution in [0.15, 0.2) is 91.0 Å². The first kappa shape index (κ1) is 31.6. The predicted molar refractivity (Wildman–Crippen MR) is 172 cm³/mol. The van der Waals surface area contributed by atoms with Crippen LogP contribution in [0.4, 0.5) is 0 Å². The molecular formula is C34H49NO2SSi. The molecule has 0 fully saturated rings. The number of thioether (sulfide) groups is 1. The van der Waals surface area contributed by atoms with E-state index in [4.69, 9.17) is 9.16 Å². The van der Waals surface area contributed by atoms with Crippen molar-refractivity contribution in [2.75, 3.05) is 38.6 Å². The third-order valence-corrected chi connectivity index (χ3v) is 14.3. The quantitative estimate of drug-likeness (QED) is 0.137. The van der Waals surface area contributed by atoms with E-state index in [2.05, 4.69) is 144 Å². The molecule has 1 atom stereocenters. The van der Waals surface area contributed by atoms with Gasteiger partial charge in [-0.1, -0.05) is 126 Å². The smallest absolute Gasteiger partial charge is 0.192 e. The summed E-state index contributed by atoms with van der Waals surface area (Å²) in [6, 6.07) is 32.7. The maximum atomic E-state index is 6.74. The Morgan fingerprint density at radius 3 is 1.56 bits per heavy atom. The van der Waals surface area contributed by atoms with Crippen LogP contribution in [0, 0.1) is 0 Å². The fourth-order valence-electron chi connectivity index (χ4n) is 4.54. The molecule has 0 aliphatic carbocycles. The van der Waals surface area contributed by atoms with Crippen molar-refractivity contribution in [3.05, 3.63) is 108 Å². The monoisotopic (exact) mass is 563 g/mol. The average molecular weight is 564 g/mol. The first-order chi connectivity index (χ1) is 18.6. The molecule has 0 heterocycles. The van der Waals surface area contributed by atoms with Crippen LogP contribution in [0.1, 0.15) is 51.3 Å². The number of rotatable bonds is 15. The van der Waals surface area contributed by atoms with Crippen molar-refractivity contribution in [3.8, 4) is 0 Å². The van der Waals surface area contributed by atoms with Gasteiger partial charge in [-0.2, -0.15) is 0 Å². The van der Waals surface area contributed by atoms with Gasteiger partial charge in [0.05, 0.1) is 24.1 Å². The maximum absolute atomic E-state index is 6.74. The molecule has 0 aromatic heterocycles. The molecule has 3 aromatic carbocycles. The summed E-state index contributed by atoms with van der Waals surface area (Å²) >= 11 is 1.96. The average Bonchev–Trinajstić information content (AvgIpc) is 2.95. The second-order valence-electron chi connectivity index (χ2n) is 11.7. The van der Waals surface area contributed by atoms with Crippen LogP contribution < -0.4 is 0 Å². The van der Waals surface area contributed by atoms with Gasteiger partial charge < -0.3 is 14.1 Å². The molecule has 0 aliphatic rings. The third-order valence-electron chi connectivity index (χ3n) is 8.12. The Bertz CT molecular complexity index is 986. The summed E-state index contributed by atoms with van der Waals surface area (Å²) in [4.78, 5) is 2.42. The number of hydrogen-bond acceptors (Lipinski definition) is 4. The van der Waals surface area contributed by atoms with Crippen LogP contribution in [0.2, 0.25) is 18.1 Å². The Kier molecular flexibility index (Phi) is 11.9. The van der Waals surface area contributed by atoms with Gasteiger partial charge in [0.1, 0.15) is 0 Å². The zero-order valence-corrected chi connectivity index (χ0v) is 27.0. The van der Waals surface area contributed by atoms with E-state index in [-0.39, 0.29) is 15.9 Å². The van der Waals surface area contributed by atoms with E-state index >= 15 is 0 Å². The van der Waals surface area contributed by atoms with Crippen molar-refractivity contribution in [2.45, 2.75) is 63.6 Å². The van der Waals surface area contributed by atoms with Gasteiger partial charge in [0.15, 0.2) is 8.32 Å². The molecule has 3 nitrogen and oxygen atoms in total. The summed E-state index contributed by atoms with van der Waals surface area (Å²) in [6.45, 7) is 20.3. The van der Waals surface area contributed by atoms with Crippen molar-refractivity contribution in [2.24, 2.45) is 0 Å². The highest BCUT2D eigenvalue weighted by atomic mass is 32.2. The van der Waals surface area contributed by atoms with Gasteiger partial charge >= 0.3 is 0 Å². The highest BCUT2D eigenvalue weighted by Crippen LogP contribution is 2.49. The fraction of sp³-hybridized carbons (Fsp3) is 0.471. The molecule has 3 rings (SSSR count). The summed E-state index contributed by atoms with van der Waals surface area (Å²) in [7, 11) is -1.91. The Morgan fingerprint density at radius 1 is 0.744 bits per heavy atom. The van der Waals surface area contributed by atoms with Crippen molar-refractivity contribution in [1.82, 2.24) is 4.90 Å². The Balaban J connectivity index is 1.96. The van der Waals surface area contributed by atoms with E-state index in [1.165, 1.54) is 16.7 Å². The summed E-state index contributed by atoms with van der Waals surface area (Å²) in [5.41, 5.74) is 3.83. The molecule has 0 radical (unpaired) electrons. The molecule has 0 amide bonds. The van der Waals surface area contributed by atoms with Crippen LogP contribution in [0.3, 0.4) is 0 Å². The highest BCUT2D eigenvalue weighted by molar-refractivity contribution is 8.00. The van der Waals surface area contributed by atoms with E-state index in [9.17, 15) is 0 Å². The zero-order chi connectivity index (χ0) is 28.4. The molecule has 0 N–H and O–H groups in total. The van der Waals surface area contributed by atoms with E-state index in [1.807, 2.05) is 11.8 Å². The molecular weight excluding hydrogens is 515 g/mol. The van der Waals surface area contributed by atoms with Crippen LogP contribution in [-0.2, 0) is 13.9 Å². The first-order valence-corrected chi connectivity index (χ1v) is 18.3. The Labute approximate surface area is 243 Å². The van der Waals surface area contributed by atoms with Gasteiger partial charge in [-0.3, -0.25) is 0 Å². The molecule has 5 heteroatoms. The van der Waals surface area contributed by atoms with E-state index in [0.29, 0.717) is 13.2 Å². The standard InChI is InChI=1S/C34H49NO2SSi/c1-8-35(9-2)25-26-36-32(27-37-39(6,7)33(3,4)5)28-38-34(29-19-13-10-14-20-29,30-21-15-11-16-22-30)31-23-17-12-18-24-31/h10-24,32H,8-9,25-28H2,1-7H3. The van der Waals surface area contributed by atoms with Crippen molar-refractivity contribution < 1.29 is 9.16 Å². The summed E-state index contributed by atoms with van der Waals surface area (Å²) < 4.78 is 13.0. The van der Waals surface area contributed by atoms with Crippen LogP contribution in [0.5, 0.6) is 0 Å². The topological polar surface area (TPSA) is 21.7 Å². The minimum Gasteiger partial charge on any atom is -0.414 e. The Morgan fingerprint density at radius 2 is 1.18 bits per heavy atom. The second-order valence-corrected chi connectivity index (χ2v) is 17.7. The predicted octanol–water partition coefficient (Wildman–Crippen LogP) is 8.46. The second kappa shape index (κ2) is 14.7. The molecule has 3 aromatic rings. The lowest BCUT2D eigenvalue weighted by molar-refractivity contribution is 0.0208. The number of benzene rings is 3. The summed E-state index contributed by atoms with van der Waals surface area (Å²) in [5.74, 6) is 0.825. The van der Waals surface area contributed by atoms with Crippen molar-refractivity contribution in [1.29, 1.82) is 0 Å². The largest absolute Gasteiger partial charge is 0.414 e. The van der Waals surface area contributed by atoms with Gasteiger partial charge in [-0.25, -0.2) is 0 Å². The lowest BCUT2D eigenvalue weighted by Crippen LogP contribution is -2.44. The highest BCUT2D eigenvalue weighted by Gasteiger charge is 2.40. The fourth-order valence-corrected chi connectivity index (χ4v) is 7.11. The van der Waals surface area contributed by atoms with Gasteiger partial charge in [0.25, 0.3) is 0 Å². The number of ether oxygens (including phenoxy) is 1. The van der Waals surface area contributed by atoms with Crippen LogP contribution in [0.25, 0.3) is 0 Å². The van der Waals surface area contributed by atoms with Crippen LogP contribution in [-0.4, -0.2) is 57.9 Å². The number of nitrogens with zero attached hydrogens (tertiary/aromatic N) is 1. The van der Waals surface area contributed by atoms with E-state index in [1.54, 1.807) is 0 Å². The van der Waals surface area contributed by atoms with Gasteiger partial charge in [0.2, 0.25) is 0 Å². The van der Waals surface area contributed by atoms with Crippen molar-refractivity contribution >= 4 is 20.1 Å². The molecule has 0 saturated heterocycles. The van der Waals surface area contributed by atoms with Crippen molar-refractivity contribution in [3.63, 3.8) is 0 Å². The zero-order valence-electron chi connectivity index (χ0n) is 25.2. The molecule has 0 spiro atoms. The summed E-state index contributed by atoms with van der Waals surface area (Å²) in [5, 5.41) is 0.161. The van der Waals surface area contributed by atoms with Crippen LogP contribution >= 0.6 is 11.8 Å². The summed E-state index contributed by atoms with van der Waals surface area (Å²) in [6.07, 6.45) is -0.00445. The minimum atomic E-state index is -1.91. The normalized spacial score (nSPS) is 13.5. The number of likely N-dealkylation sites (N-methyl/N-ethyl adjacent to an activating group) is 1. The molecule has 39 heavy (non-hydrogen) atoms. The van der Waals surface area contributed by atoms with Gasteiger partial charge in [0, 0.05) is 12.3 Å². The maximum Gasteiger partial charge on any atom is 0.192 e. The molecule has 1 unspecified atom stereocenters. The number of hydrogen-bond donors (Lipinski definition) is 0. The van der Waals surface area contributed by atoms with E-state index in [0.717, 1.165) is 25.4 Å². The SMILES string of the molecule is CCN(CC)CCOC(CO[Si](C)(C)C(C)(C)C)CSC(c1ccccc1)(c1ccccc1)c1ccccc1. The molecule has 0 bridgehead atoms. The van der Waals surface area contributed by atoms with Gasteiger partial charge in [-0.15, -0.1) is 11.8 Å². The van der Waals surface area contributed by atoms with Gasteiger partial charge in [-0.05, 0) is 47.9 Å². The lowest BCUT2D eigenvalue weighted by atomic mass is 9.84. The molecule has 212 valence electrons. The third kappa shape index (κ3) is 8.31. The lowest BCUT2D eigenvalue weighted by Gasteiger charge is -2.39.